The molecule has 19 heteroatoms. The minimum atomic E-state index is -2.00. The third kappa shape index (κ3) is 42.1. The molecule has 3 aliphatic heterocycles. The minimum absolute atomic E-state index is 0.164. The van der Waals surface area contributed by atoms with Crippen molar-refractivity contribution in [2.75, 3.05) is 26.4 Å². The fraction of sp³-hybridized carbons (Fsp3) is 0.631. The van der Waals surface area contributed by atoms with Crippen molar-refractivity contribution in [2.24, 2.45) is 0 Å². The highest BCUT2D eigenvalue weighted by Crippen LogP contribution is 2.33. The van der Waals surface area contributed by atoms with Crippen LogP contribution in [0.2, 0.25) is 0 Å². The van der Waals surface area contributed by atoms with Gasteiger partial charge >= 0.3 is 0 Å². The van der Waals surface area contributed by atoms with E-state index in [1.165, 1.54) is 57.8 Å². The van der Waals surface area contributed by atoms with Gasteiger partial charge in [0, 0.05) is 6.42 Å². The summed E-state index contributed by atoms with van der Waals surface area (Å²) in [5.41, 5.74) is 0. The number of hydrogen-bond acceptors (Lipinski definition) is 18. The molecule has 12 N–H and O–H groups in total. The molecule has 103 heavy (non-hydrogen) atoms. The van der Waals surface area contributed by atoms with Crippen LogP contribution in [0, 0.1) is 0 Å². The number of aliphatic hydroxyl groups excluding tert-OH is 11. The number of carbonyl (C=O) groups excluding carboxylic acids is 1. The van der Waals surface area contributed by atoms with E-state index >= 15 is 0 Å². The molecule has 0 radical (unpaired) electrons. The van der Waals surface area contributed by atoms with Crippen molar-refractivity contribution in [3.05, 3.63) is 182 Å². The number of allylic oxidation sites excluding steroid dienone is 29. The summed E-state index contributed by atoms with van der Waals surface area (Å²) in [6.07, 6.45) is 67.3. The average molecular weight is 1440 g/mol. The van der Waals surface area contributed by atoms with E-state index in [1.54, 1.807) is 6.08 Å². The van der Waals surface area contributed by atoms with E-state index in [4.69, 9.17) is 28.4 Å². The molecule has 0 saturated carbocycles. The van der Waals surface area contributed by atoms with E-state index in [2.05, 4.69) is 189 Å². The highest BCUT2D eigenvalue weighted by Gasteiger charge is 2.53. The molecule has 3 rings (SSSR count). The Bertz CT molecular complexity index is 2580. The molecule has 0 aromatic rings. The van der Waals surface area contributed by atoms with Gasteiger partial charge in [0.15, 0.2) is 18.9 Å². The summed E-state index contributed by atoms with van der Waals surface area (Å²) in [5.74, 6) is -0.340. The van der Waals surface area contributed by atoms with E-state index in [1.807, 2.05) is 6.08 Å². The Labute approximate surface area is 617 Å². The van der Waals surface area contributed by atoms with Crippen LogP contribution in [0.25, 0.3) is 0 Å². The summed E-state index contributed by atoms with van der Waals surface area (Å²) >= 11 is 0. The molecule has 582 valence electrons. The van der Waals surface area contributed by atoms with Crippen molar-refractivity contribution in [3.8, 4) is 0 Å². The van der Waals surface area contributed by atoms with Crippen molar-refractivity contribution in [2.45, 2.75) is 311 Å². The Morgan fingerprint density at radius 3 is 1.09 bits per heavy atom. The summed E-state index contributed by atoms with van der Waals surface area (Å²) < 4.78 is 34.3. The zero-order chi connectivity index (χ0) is 74.6. The SMILES string of the molecule is CC/C=C\C/C=C\C/C=C\C/C=C\C/C=C\C/C=C\C/C=C\C/C=C\C/C=C\C/C=C\C/C=C\C/C=C\CCCCC(=O)NC(COC1OC(CO)C(OC2OC(CO)C(OC3OC(CO)C(O)C(O)C3O)C(O)C2O)C(O)C1O)C(O)/C=C/CC/C=C/CC/C=C/CCCCCCCCCCC. The number of ether oxygens (including phenoxy) is 6. The van der Waals surface area contributed by atoms with Crippen LogP contribution in [-0.4, -0.2) is 193 Å². The summed E-state index contributed by atoms with van der Waals surface area (Å²) in [6.45, 7) is 1.53. The Hall–Kier alpha value is -5.11. The quantitative estimate of drug-likeness (QED) is 0.0199. The third-order valence-electron chi connectivity index (χ3n) is 17.7. The number of nitrogens with one attached hydrogen (secondary N) is 1. The fourth-order valence-electron chi connectivity index (χ4n) is 11.5. The average Bonchev–Trinajstić information content (AvgIpc) is 0.781. The molecule has 1 amide bonds. The molecule has 3 fully saturated rings. The molecular formula is C84H133NO18. The summed E-state index contributed by atoms with van der Waals surface area (Å²) in [6, 6.07) is -1.04. The van der Waals surface area contributed by atoms with Crippen molar-refractivity contribution in [3.63, 3.8) is 0 Å². The molecule has 0 spiro atoms. The van der Waals surface area contributed by atoms with E-state index in [0.717, 1.165) is 116 Å². The van der Waals surface area contributed by atoms with Crippen LogP contribution in [-0.2, 0) is 33.2 Å². The normalized spacial score (nSPS) is 27.1. The van der Waals surface area contributed by atoms with Gasteiger partial charge in [-0.25, -0.2) is 0 Å². The zero-order valence-corrected chi connectivity index (χ0v) is 62.0. The fourth-order valence-corrected chi connectivity index (χ4v) is 11.5. The van der Waals surface area contributed by atoms with Gasteiger partial charge < -0.3 is 89.9 Å². The van der Waals surface area contributed by atoms with Crippen LogP contribution >= 0.6 is 0 Å². The number of amides is 1. The van der Waals surface area contributed by atoms with Gasteiger partial charge in [-0.1, -0.05) is 247 Å². The molecule has 0 aromatic carbocycles. The number of carbonyl (C=O) groups is 1. The maximum Gasteiger partial charge on any atom is 0.220 e. The van der Waals surface area contributed by atoms with Gasteiger partial charge in [-0.3, -0.25) is 4.79 Å². The van der Waals surface area contributed by atoms with Crippen LogP contribution in [0.1, 0.15) is 206 Å². The van der Waals surface area contributed by atoms with Gasteiger partial charge in [0.1, 0.15) is 73.2 Å². The first-order chi connectivity index (χ1) is 50.3. The number of rotatable bonds is 57. The van der Waals surface area contributed by atoms with Crippen LogP contribution in [0.3, 0.4) is 0 Å². The first-order valence-electron chi connectivity index (χ1n) is 38.5. The standard InChI is InChI=1S/C84H133NO18/c1-3-5-7-9-11-13-15-17-19-21-23-24-25-26-27-28-29-30-31-32-33-34-35-36-37-38-39-40-41-42-44-46-48-50-52-54-56-58-60-62-72(90)85-67(68(89)61-59-57-55-53-51-49-47-45-43-22-20-18-16-14-12-10-8-6-4-2)66-98-82-78(96)75(93)80(70(64-87)100-82)103-84-79(97)76(94)81(71(65-88)101-84)102-83-77(95)74(92)73(91)69(63-86)99-83/h5,7,11,13,17,19,23-24,26-27,29-30,32-33,35-36,38-39,41-43,45-46,48,51-54,59,61,67-71,73-84,86-89,91-97H,3-4,6,8-10,12,14-16,18,20-22,25,28,31,34,37,40,44,47,49-50,55-58,60,62-66H2,1-2H3,(H,85,90)/b7-5-,13-11-,19-17-,24-23-,27-26-,30-29-,33-32-,36-35-,39-38-,42-41-,45-43+,48-46-,53-51+,54-52-,61-59+. The lowest BCUT2D eigenvalue weighted by Gasteiger charge is -2.48. The van der Waals surface area contributed by atoms with Crippen molar-refractivity contribution < 1.29 is 89.4 Å². The lowest BCUT2D eigenvalue weighted by molar-refractivity contribution is -0.379. The molecule has 0 aromatic heterocycles. The van der Waals surface area contributed by atoms with Gasteiger partial charge in [0.05, 0.1) is 38.6 Å². The predicted octanol–water partition coefficient (Wildman–Crippen LogP) is 12.4. The van der Waals surface area contributed by atoms with Gasteiger partial charge in [-0.05, 0) is 135 Å². The van der Waals surface area contributed by atoms with E-state index in [0.29, 0.717) is 12.8 Å². The van der Waals surface area contributed by atoms with Crippen LogP contribution in [0.4, 0.5) is 0 Å². The smallest absolute Gasteiger partial charge is 0.220 e. The molecule has 17 atom stereocenters. The summed E-state index contributed by atoms with van der Waals surface area (Å²) in [5, 5.41) is 121. The lowest BCUT2D eigenvalue weighted by atomic mass is 9.96. The lowest BCUT2D eigenvalue weighted by Crippen LogP contribution is -2.66. The minimum Gasteiger partial charge on any atom is -0.394 e. The maximum absolute atomic E-state index is 13.4. The third-order valence-corrected chi connectivity index (χ3v) is 17.7. The molecule has 3 aliphatic rings. The van der Waals surface area contributed by atoms with Crippen molar-refractivity contribution >= 4 is 5.91 Å². The second kappa shape index (κ2) is 62.0. The van der Waals surface area contributed by atoms with Gasteiger partial charge in [-0.2, -0.15) is 0 Å². The molecule has 0 aliphatic carbocycles. The topological polar surface area (TPSA) is 307 Å². The van der Waals surface area contributed by atoms with Gasteiger partial charge in [-0.15, -0.1) is 0 Å². The van der Waals surface area contributed by atoms with Crippen LogP contribution in [0.15, 0.2) is 182 Å². The predicted molar refractivity (Wildman–Crippen MR) is 410 cm³/mol. The van der Waals surface area contributed by atoms with Gasteiger partial charge in [0.25, 0.3) is 0 Å². The highest BCUT2D eigenvalue weighted by molar-refractivity contribution is 5.76. The number of unbranched alkanes of at least 4 members (excludes halogenated alkanes) is 13. The van der Waals surface area contributed by atoms with Crippen molar-refractivity contribution in [1.82, 2.24) is 5.32 Å². The van der Waals surface area contributed by atoms with Gasteiger partial charge in [0.2, 0.25) is 5.91 Å². The molecule has 17 unspecified atom stereocenters. The Balaban J connectivity index is 1.41. The summed E-state index contributed by atoms with van der Waals surface area (Å²) in [4.78, 5) is 13.4. The van der Waals surface area contributed by atoms with Crippen LogP contribution in [0.5, 0.6) is 0 Å². The van der Waals surface area contributed by atoms with E-state index in [-0.39, 0.29) is 12.3 Å². The van der Waals surface area contributed by atoms with E-state index < -0.39 is 131 Å². The second-order valence-electron chi connectivity index (χ2n) is 26.4. The molecule has 3 heterocycles. The first-order valence-corrected chi connectivity index (χ1v) is 38.5. The number of aliphatic hydroxyl groups is 11. The Kier molecular flexibility index (Phi) is 55.4. The molecular weight excluding hydrogens is 1310 g/mol. The number of hydrogen-bond donors (Lipinski definition) is 12. The maximum atomic E-state index is 13.4. The molecule has 19 nitrogen and oxygen atoms in total. The zero-order valence-electron chi connectivity index (χ0n) is 62.0. The largest absolute Gasteiger partial charge is 0.394 e. The van der Waals surface area contributed by atoms with Crippen LogP contribution < -0.4 is 5.32 Å². The molecule has 0 bridgehead atoms. The molecule has 3 saturated heterocycles. The first kappa shape index (κ1) is 92.1. The Morgan fingerprint density at radius 2 is 0.680 bits per heavy atom. The van der Waals surface area contributed by atoms with Crippen molar-refractivity contribution in [1.29, 1.82) is 0 Å². The van der Waals surface area contributed by atoms with E-state index in [9.17, 15) is 61.0 Å². The summed E-state index contributed by atoms with van der Waals surface area (Å²) in [7, 11) is 0. The Morgan fingerprint density at radius 1 is 0.359 bits per heavy atom. The highest BCUT2D eigenvalue weighted by atomic mass is 16.8. The second-order valence-corrected chi connectivity index (χ2v) is 26.4. The monoisotopic (exact) mass is 1440 g/mol.